The second-order valence-electron chi connectivity index (χ2n) is 10.9. The lowest BCUT2D eigenvalue weighted by atomic mass is 9.92. The molecule has 2 atom stereocenters. The lowest BCUT2D eigenvalue weighted by Gasteiger charge is -2.41. The summed E-state index contributed by atoms with van der Waals surface area (Å²) in [7, 11) is 2.80. The molecular weight excluding hydrogens is 624 g/mol. The molecule has 2 aliphatic heterocycles. The summed E-state index contributed by atoms with van der Waals surface area (Å²) in [4.78, 5) is 23.8. The Kier molecular flexibility index (Phi) is 17.1. The van der Waals surface area contributed by atoms with E-state index in [1.165, 1.54) is 14.2 Å². The second-order valence-corrected chi connectivity index (χ2v) is 12.2. The van der Waals surface area contributed by atoms with E-state index in [1.54, 1.807) is 6.92 Å². The number of para-hydroxylation sites is 2. The molecule has 2 saturated heterocycles. The monoisotopic (exact) mass is 670 g/mol. The minimum absolute atomic E-state index is 0. The van der Waals surface area contributed by atoms with Gasteiger partial charge < -0.3 is 24.3 Å². The molecule has 2 fully saturated rings. The SMILES string of the molecule is CC1(Oc2ccccc2)CCNCC1.COC(=O)C(C)Br.COC(=O)C(C)N1CCC(C)(Oc2ccccc2)CC1.Cl. The van der Waals surface area contributed by atoms with Crippen molar-refractivity contribution in [1.82, 2.24) is 10.2 Å². The van der Waals surface area contributed by atoms with E-state index in [1.807, 2.05) is 67.6 Å². The van der Waals surface area contributed by atoms with Gasteiger partial charge in [-0.15, -0.1) is 12.4 Å². The van der Waals surface area contributed by atoms with Crippen molar-refractivity contribution in [2.75, 3.05) is 40.4 Å². The topological polar surface area (TPSA) is 86.3 Å². The number of hydrogen-bond donors (Lipinski definition) is 1. The summed E-state index contributed by atoms with van der Waals surface area (Å²) in [5, 5.41) is 3.35. The highest BCUT2D eigenvalue weighted by Crippen LogP contribution is 2.29. The van der Waals surface area contributed by atoms with E-state index < -0.39 is 0 Å². The Balaban J connectivity index is 0.000000349. The van der Waals surface area contributed by atoms with Crippen LogP contribution in [0.25, 0.3) is 0 Å². The molecule has 2 unspecified atom stereocenters. The molecule has 0 amide bonds. The number of likely N-dealkylation sites (tertiary alicyclic amines) is 1. The number of methoxy groups -OCH3 is 2. The summed E-state index contributed by atoms with van der Waals surface area (Å²) in [6.45, 7) is 11.8. The third-order valence-electron chi connectivity index (χ3n) is 7.35. The van der Waals surface area contributed by atoms with E-state index in [2.05, 4.69) is 44.7 Å². The highest BCUT2D eigenvalue weighted by molar-refractivity contribution is 9.10. The van der Waals surface area contributed by atoms with Gasteiger partial charge in [0.25, 0.3) is 0 Å². The average molecular weight is 672 g/mol. The van der Waals surface area contributed by atoms with Gasteiger partial charge in [0.2, 0.25) is 0 Å². The van der Waals surface area contributed by atoms with Gasteiger partial charge in [-0.1, -0.05) is 52.3 Å². The second kappa shape index (κ2) is 19.1. The molecule has 10 heteroatoms. The van der Waals surface area contributed by atoms with E-state index >= 15 is 0 Å². The fourth-order valence-corrected chi connectivity index (χ4v) is 4.76. The van der Waals surface area contributed by atoms with Crippen molar-refractivity contribution >= 4 is 40.3 Å². The minimum atomic E-state index is -0.236. The lowest BCUT2D eigenvalue weighted by molar-refractivity contribution is -0.147. The van der Waals surface area contributed by atoms with Gasteiger partial charge in [-0.2, -0.15) is 0 Å². The highest BCUT2D eigenvalue weighted by atomic mass is 79.9. The van der Waals surface area contributed by atoms with Crippen LogP contribution < -0.4 is 14.8 Å². The number of nitrogens with one attached hydrogen (secondary N) is 1. The number of benzene rings is 2. The summed E-state index contributed by atoms with van der Waals surface area (Å²) < 4.78 is 21.2. The first kappa shape index (κ1) is 37.7. The van der Waals surface area contributed by atoms with E-state index in [9.17, 15) is 9.59 Å². The molecule has 2 aromatic rings. The Morgan fingerprint density at radius 3 is 1.52 bits per heavy atom. The number of ether oxygens (including phenoxy) is 4. The molecule has 0 saturated carbocycles. The molecule has 0 bridgehead atoms. The summed E-state index contributed by atoms with van der Waals surface area (Å²) in [6, 6.07) is 19.8. The van der Waals surface area contributed by atoms with Crippen LogP contribution in [0.5, 0.6) is 11.5 Å². The maximum absolute atomic E-state index is 11.6. The van der Waals surface area contributed by atoms with Crippen molar-refractivity contribution in [2.45, 2.75) is 75.4 Å². The van der Waals surface area contributed by atoms with Crippen molar-refractivity contribution in [3.63, 3.8) is 0 Å². The fraction of sp³-hybridized carbons (Fsp3) is 0.562. The lowest BCUT2D eigenvalue weighted by Crippen LogP contribution is -2.51. The number of alkyl halides is 1. The summed E-state index contributed by atoms with van der Waals surface area (Å²) in [6.07, 6.45) is 3.98. The van der Waals surface area contributed by atoms with Crippen LogP contribution in [0.15, 0.2) is 60.7 Å². The normalized spacial score (nSPS) is 18.5. The largest absolute Gasteiger partial charge is 0.487 e. The maximum Gasteiger partial charge on any atom is 0.322 e. The molecule has 42 heavy (non-hydrogen) atoms. The van der Waals surface area contributed by atoms with Gasteiger partial charge in [0.05, 0.1) is 14.2 Å². The number of halogens is 2. The van der Waals surface area contributed by atoms with Gasteiger partial charge >= 0.3 is 11.9 Å². The molecule has 0 aliphatic carbocycles. The standard InChI is InChI=1S/C16H23NO3.C12H17NO.C4H7BrO2.ClH/c1-13(15(18)19-3)17-11-9-16(2,10-12-17)20-14-7-5-4-6-8-14;1-12(7-9-13-10-8-12)14-11-5-3-2-4-6-11;1-3(5)4(6)7-2;/h4-8,13H,9-12H2,1-3H3;2-6,13H,7-10H2,1H3;3H,1-2H3;1H. The third kappa shape index (κ3) is 13.3. The van der Waals surface area contributed by atoms with E-state index in [-0.39, 0.29) is 46.4 Å². The first-order valence-electron chi connectivity index (χ1n) is 14.2. The van der Waals surface area contributed by atoms with Crippen LogP contribution in [0.1, 0.15) is 53.4 Å². The number of piperidine rings is 2. The number of carbonyl (C=O) groups excluding carboxylic acids is 2. The Hall–Kier alpha value is -2.33. The smallest absolute Gasteiger partial charge is 0.322 e. The molecule has 8 nitrogen and oxygen atoms in total. The molecule has 0 radical (unpaired) electrons. The van der Waals surface area contributed by atoms with Crippen molar-refractivity contribution in [2.24, 2.45) is 0 Å². The minimum Gasteiger partial charge on any atom is -0.487 e. The van der Waals surface area contributed by atoms with Gasteiger partial charge in [0.15, 0.2) is 0 Å². The molecule has 2 aliphatic rings. The van der Waals surface area contributed by atoms with Crippen LogP contribution >= 0.6 is 28.3 Å². The van der Waals surface area contributed by atoms with Gasteiger partial charge in [0.1, 0.15) is 33.6 Å². The fourth-order valence-electron chi connectivity index (χ4n) is 4.57. The zero-order valence-corrected chi connectivity index (χ0v) is 28.2. The van der Waals surface area contributed by atoms with Crippen LogP contribution in [0.2, 0.25) is 0 Å². The molecule has 1 N–H and O–H groups in total. The molecule has 2 aromatic carbocycles. The molecule has 0 aromatic heterocycles. The first-order chi connectivity index (χ1) is 19.5. The van der Waals surface area contributed by atoms with Crippen LogP contribution in [0, 0.1) is 0 Å². The molecule has 236 valence electrons. The van der Waals surface area contributed by atoms with Crippen molar-refractivity contribution in [1.29, 1.82) is 0 Å². The van der Waals surface area contributed by atoms with E-state index in [4.69, 9.17) is 14.2 Å². The van der Waals surface area contributed by atoms with Crippen LogP contribution in [-0.2, 0) is 19.1 Å². The predicted molar refractivity (Wildman–Crippen MR) is 173 cm³/mol. The average Bonchev–Trinajstić information content (AvgIpc) is 2.98. The van der Waals surface area contributed by atoms with Crippen LogP contribution in [0.3, 0.4) is 0 Å². The summed E-state index contributed by atoms with van der Waals surface area (Å²) >= 11 is 3.03. The molecule has 2 heterocycles. The zero-order valence-electron chi connectivity index (χ0n) is 25.8. The molecular formula is C32H48BrClN2O6. The maximum atomic E-state index is 11.6. The Morgan fingerprint density at radius 2 is 1.17 bits per heavy atom. The first-order valence-corrected chi connectivity index (χ1v) is 15.1. The number of nitrogens with zero attached hydrogens (tertiary/aromatic N) is 1. The Morgan fingerprint density at radius 1 is 0.762 bits per heavy atom. The van der Waals surface area contributed by atoms with E-state index in [0.717, 1.165) is 63.4 Å². The molecule has 4 rings (SSSR count). The van der Waals surface area contributed by atoms with Gasteiger partial charge in [-0.05, 0) is 90.7 Å². The Bertz CT molecular complexity index is 1030. The predicted octanol–water partition coefficient (Wildman–Crippen LogP) is 6.05. The van der Waals surface area contributed by atoms with Gasteiger partial charge in [0, 0.05) is 13.1 Å². The van der Waals surface area contributed by atoms with E-state index in [0.29, 0.717) is 0 Å². The van der Waals surface area contributed by atoms with Gasteiger partial charge in [-0.3, -0.25) is 14.5 Å². The Labute approximate surface area is 266 Å². The van der Waals surface area contributed by atoms with Gasteiger partial charge in [-0.25, -0.2) is 0 Å². The highest BCUT2D eigenvalue weighted by Gasteiger charge is 2.35. The summed E-state index contributed by atoms with van der Waals surface area (Å²) in [5.41, 5.74) is -0.139. The number of carbonyl (C=O) groups is 2. The number of rotatable bonds is 7. The van der Waals surface area contributed by atoms with Crippen molar-refractivity contribution < 1.29 is 28.5 Å². The molecule has 0 spiro atoms. The van der Waals surface area contributed by atoms with Crippen molar-refractivity contribution in [3.8, 4) is 11.5 Å². The van der Waals surface area contributed by atoms with Crippen LogP contribution in [-0.4, -0.2) is 79.3 Å². The van der Waals surface area contributed by atoms with Crippen LogP contribution in [0.4, 0.5) is 0 Å². The quantitative estimate of drug-likeness (QED) is 0.281. The third-order valence-corrected chi connectivity index (χ3v) is 7.72. The zero-order chi connectivity index (χ0) is 30.3. The summed E-state index contributed by atoms with van der Waals surface area (Å²) in [5.74, 6) is 1.49. The number of esters is 2. The van der Waals surface area contributed by atoms with Crippen molar-refractivity contribution in [3.05, 3.63) is 60.7 Å². The number of hydrogen-bond acceptors (Lipinski definition) is 8.